The minimum absolute atomic E-state index is 0.705. The quantitative estimate of drug-likeness (QED) is 0.819. The van der Waals surface area contributed by atoms with Gasteiger partial charge in [0.2, 0.25) is 0 Å². The fraction of sp³-hybridized carbons (Fsp3) is 0.133. The first-order valence-electron chi connectivity index (χ1n) is 6.35. The molecule has 2 rings (SSSR count). The van der Waals surface area contributed by atoms with Gasteiger partial charge in [-0.25, -0.2) is 0 Å². The number of nitriles is 1. The summed E-state index contributed by atoms with van der Waals surface area (Å²) in [7, 11) is 2.80. The molecule has 2 aromatic carbocycles. The zero-order valence-electron chi connectivity index (χ0n) is 11.2. The van der Waals surface area contributed by atoms with Gasteiger partial charge < -0.3 is 10.6 Å². The highest BCUT2D eigenvalue weighted by atomic mass is 14.9. The number of hydrogen-bond donors (Lipinski definition) is 2. The summed E-state index contributed by atoms with van der Waals surface area (Å²) in [6, 6.07) is 14.0. The van der Waals surface area contributed by atoms with Crippen molar-refractivity contribution < 1.29 is 0 Å². The summed E-state index contributed by atoms with van der Waals surface area (Å²) in [5.74, 6) is 0. The first-order chi connectivity index (χ1) is 9.30. The van der Waals surface area contributed by atoms with E-state index in [0.29, 0.717) is 5.56 Å². The average Bonchev–Trinajstić information content (AvgIpc) is 2.47. The summed E-state index contributed by atoms with van der Waals surface area (Å²) in [5, 5.41) is 17.6. The molecule has 0 spiro atoms. The molecule has 0 saturated carbocycles. The summed E-state index contributed by atoms with van der Waals surface area (Å²) in [4.78, 5) is 0. The van der Waals surface area contributed by atoms with Gasteiger partial charge in [0, 0.05) is 29.7 Å². The van der Waals surface area contributed by atoms with Crippen LogP contribution in [0.2, 0.25) is 6.82 Å². The third-order valence-electron chi connectivity index (χ3n) is 3.04. The maximum absolute atomic E-state index is 9.15. The van der Waals surface area contributed by atoms with E-state index in [2.05, 4.69) is 23.5 Å². The van der Waals surface area contributed by atoms with E-state index in [0.717, 1.165) is 29.3 Å². The summed E-state index contributed by atoms with van der Waals surface area (Å²) in [5.41, 5.74) is 2.84. The van der Waals surface area contributed by atoms with Crippen LogP contribution in [-0.4, -0.2) is 14.3 Å². The smallest absolute Gasteiger partial charge is 0.177 e. The van der Waals surface area contributed by atoms with Crippen LogP contribution >= 0.6 is 0 Å². The first kappa shape index (κ1) is 13.0. The summed E-state index contributed by atoms with van der Waals surface area (Å²) in [6.45, 7) is 2.10. The molecule has 2 aromatic rings. The number of rotatable bonds is 4. The molecule has 0 amide bonds. The van der Waals surface area contributed by atoms with Crippen LogP contribution in [0.25, 0.3) is 10.8 Å². The largest absolute Gasteiger partial charge is 0.393 e. The highest BCUT2D eigenvalue weighted by molar-refractivity contribution is 6.44. The zero-order chi connectivity index (χ0) is 13.7. The SMILES string of the molecule is CB/C(=C/NC)Nc1ccc(C#N)c2ccccc12. The lowest BCUT2D eigenvalue weighted by atomic mass is 9.78. The fourth-order valence-electron chi connectivity index (χ4n) is 2.08. The summed E-state index contributed by atoms with van der Waals surface area (Å²) < 4.78 is 0. The maximum Gasteiger partial charge on any atom is 0.177 e. The van der Waals surface area contributed by atoms with Crippen molar-refractivity contribution in [3.63, 3.8) is 0 Å². The second-order valence-corrected chi connectivity index (χ2v) is 4.25. The summed E-state index contributed by atoms with van der Waals surface area (Å²) >= 11 is 0. The van der Waals surface area contributed by atoms with E-state index >= 15 is 0 Å². The van der Waals surface area contributed by atoms with Gasteiger partial charge in [0.25, 0.3) is 0 Å². The van der Waals surface area contributed by atoms with Crippen molar-refractivity contribution in [2.24, 2.45) is 0 Å². The highest BCUT2D eigenvalue weighted by Gasteiger charge is 2.06. The normalized spacial score (nSPS) is 10.9. The molecule has 4 heteroatoms. The van der Waals surface area contributed by atoms with Crippen molar-refractivity contribution in [2.45, 2.75) is 6.82 Å². The zero-order valence-corrected chi connectivity index (χ0v) is 11.2. The molecule has 19 heavy (non-hydrogen) atoms. The lowest BCUT2D eigenvalue weighted by molar-refractivity contribution is 1.09. The van der Waals surface area contributed by atoms with Gasteiger partial charge >= 0.3 is 0 Å². The molecule has 2 N–H and O–H groups in total. The number of nitrogens with zero attached hydrogens (tertiary/aromatic N) is 1. The van der Waals surface area contributed by atoms with Crippen LogP contribution in [0, 0.1) is 11.3 Å². The molecule has 0 aliphatic heterocycles. The molecular weight excluding hydrogens is 233 g/mol. The third kappa shape index (κ3) is 2.71. The monoisotopic (exact) mass is 249 g/mol. The Labute approximate surface area is 114 Å². The van der Waals surface area contributed by atoms with Gasteiger partial charge in [-0.15, -0.1) is 0 Å². The van der Waals surface area contributed by atoms with Gasteiger partial charge in [-0.05, 0) is 17.7 Å². The Morgan fingerprint density at radius 3 is 2.58 bits per heavy atom. The molecule has 3 nitrogen and oxygen atoms in total. The maximum atomic E-state index is 9.15. The summed E-state index contributed by atoms with van der Waals surface area (Å²) in [6.07, 6.45) is 1.95. The Morgan fingerprint density at radius 2 is 1.95 bits per heavy atom. The topological polar surface area (TPSA) is 47.8 Å². The second-order valence-electron chi connectivity index (χ2n) is 4.25. The number of fused-ring (bicyclic) bond motifs is 1. The Bertz CT molecular complexity index is 656. The van der Waals surface area contributed by atoms with E-state index in [9.17, 15) is 0 Å². The fourth-order valence-corrected chi connectivity index (χ4v) is 2.08. The van der Waals surface area contributed by atoms with Crippen molar-refractivity contribution >= 4 is 23.7 Å². The molecule has 0 bridgehead atoms. The minimum Gasteiger partial charge on any atom is -0.393 e. The van der Waals surface area contributed by atoms with Crippen molar-refractivity contribution in [1.29, 1.82) is 5.26 Å². The van der Waals surface area contributed by atoms with Crippen LogP contribution in [0.1, 0.15) is 5.56 Å². The molecule has 0 atom stereocenters. The van der Waals surface area contributed by atoms with Crippen LogP contribution in [-0.2, 0) is 0 Å². The number of hydrogen-bond acceptors (Lipinski definition) is 3. The molecule has 0 aliphatic carbocycles. The second kappa shape index (κ2) is 5.97. The average molecular weight is 249 g/mol. The van der Waals surface area contributed by atoms with E-state index in [1.807, 2.05) is 49.6 Å². The van der Waals surface area contributed by atoms with Crippen LogP contribution in [0.3, 0.4) is 0 Å². The van der Waals surface area contributed by atoms with Gasteiger partial charge in [0.15, 0.2) is 7.28 Å². The van der Waals surface area contributed by atoms with Gasteiger partial charge in [-0.2, -0.15) is 5.26 Å². The molecule has 94 valence electrons. The molecule has 0 aromatic heterocycles. The van der Waals surface area contributed by atoms with Gasteiger partial charge in [0.1, 0.15) is 0 Å². The lowest BCUT2D eigenvalue weighted by Gasteiger charge is -2.12. The Kier molecular flexibility index (Phi) is 4.09. The minimum atomic E-state index is 0.705. The van der Waals surface area contributed by atoms with E-state index in [4.69, 9.17) is 5.26 Å². The number of benzene rings is 2. The van der Waals surface area contributed by atoms with Crippen LogP contribution in [0.5, 0.6) is 0 Å². The third-order valence-corrected chi connectivity index (χ3v) is 3.04. The van der Waals surface area contributed by atoms with Crippen LogP contribution in [0.4, 0.5) is 5.69 Å². The van der Waals surface area contributed by atoms with E-state index in [1.165, 1.54) is 0 Å². The molecule has 0 aliphatic rings. The predicted molar refractivity (Wildman–Crippen MR) is 82.4 cm³/mol. The van der Waals surface area contributed by atoms with Crippen LogP contribution in [0.15, 0.2) is 48.2 Å². The van der Waals surface area contributed by atoms with Crippen LogP contribution < -0.4 is 10.6 Å². The van der Waals surface area contributed by atoms with Gasteiger partial charge in [-0.1, -0.05) is 31.1 Å². The van der Waals surface area contributed by atoms with Gasteiger partial charge in [-0.3, -0.25) is 0 Å². The van der Waals surface area contributed by atoms with E-state index in [1.54, 1.807) is 0 Å². The Morgan fingerprint density at radius 1 is 1.21 bits per heavy atom. The standard InChI is InChI=1S/C15H16BN3/c1-16-15(10-18-2)19-14-8-7-11(9-17)12-5-3-4-6-13(12)14/h3-8,10,16,18-19H,1-2H3/b15-10-. The highest BCUT2D eigenvalue weighted by Crippen LogP contribution is 2.27. The van der Waals surface area contributed by atoms with Crippen molar-refractivity contribution in [1.82, 2.24) is 5.32 Å². The Hall–Kier alpha value is -2.41. The molecule has 0 unspecified atom stereocenters. The van der Waals surface area contributed by atoms with E-state index < -0.39 is 0 Å². The van der Waals surface area contributed by atoms with Crippen molar-refractivity contribution in [3.05, 3.63) is 53.8 Å². The van der Waals surface area contributed by atoms with Crippen molar-refractivity contribution in [2.75, 3.05) is 12.4 Å². The first-order valence-corrected chi connectivity index (χ1v) is 6.35. The molecular formula is C15H16BN3. The number of anilines is 1. The Balaban J connectivity index is 2.51. The lowest BCUT2D eigenvalue weighted by Crippen LogP contribution is -2.09. The van der Waals surface area contributed by atoms with E-state index in [-0.39, 0.29) is 0 Å². The molecule has 0 fully saturated rings. The molecule has 0 heterocycles. The molecule has 0 saturated heterocycles. The number of nitrogens with one attached hydrogen (secondary N) is 2. The van der Waals surface area contributed by atoms with Gasteiger partial charge in [0.05, 0.1) is 11.6 Å². The van der Waals surface area contributed by atoms with Crippen molar-refractivity contribution in [3.8, 4) is 6.07 Å². The predicted octanol–water partition coefficient (Wildman–Crippen LogP) is 2.63. The molecule has 0 radical (unpaired) electrons.